The first-order valence-corrected chi connectivity index (χ1v) is 11.6. The summed E-state index contributed by atoms with van der Waals surface area (Å²) in [6, 6.07) is 23.4. The average molecular weight is 456 g/mol. The van der Waals surface area contributed by atoms with Crippen molar-refractivity contribution in [2.24, 2.45) is 0 Å². The lowest BCUT2D eigenvalue weighted by Gasteiger charge is -2.14. The Balaban J connectivity index is 1.30. The first-order chi connectivity index (χ1) is 16.1. The van der Waals surface area contributed by atoms with Crippen LogP contribution in [0.4, 0.5) is 0 Å². The molecule has 1 aliphatic rings. The molecule has 164 valence electrons. The van der Waals surface area contributed by atoms with E-state index in [-0.39, 0.29) is 24.3 Å². The van der Waals surface area contributed by atoms with Gasteiger partial charge in [-0.05, 0) is 41.5 Å². The molecule has 0 bridgehead atoms. The standard InChI is InChI=1S/C26H21N3O3S/c27-15-20-7-1-2-8-21(20)17-33-13-12-28-24(30)19-9-5-6-18(14-19)16-29-25(31)22-10-3-4-11-23(22)26(29)32/h1-11,14H,12-13,16-17H2,(H,28,30). The summed E-state index contributed by atoms with van der Waals surface area (Å²) in [5.74, 6) is 0.563. The van der Waals surface area contributed by atoms with E-state index in [9.17, 15) is 14.4 Å². The Bertz CT molecular complexity index is 1230. The maximum atomic E-state index is 12.6. The largest absolute Gasteiger partial charge is 0.351 e. The van der Waals surface area contributed by atoms with Crippen LogP contribution in [-0.4, -0.2) is 34.9 Å². The summed E-state index contributed by atoms with van der Waals surface area (Å²) in [5.41, 5.74) is 3.65. The number of hydrogen-bond acceptors (Lipinski definition) is 5. The number of amides is 3. The first-order valence-electron chi connectivity index (χ1n) is 10.5. The molecule has 1 heterocycles. The summed E-state index contributed by atoms with van der Waals surface area (Å²) in [6.45, 7) is 0.600. The van der Waals surface area contributed by atoms with E-state index in [0.29, 0.717) is 45.9 Å². The van der Waals surface area contributed by atoms with Crippen molar-refractivity contribution in [2.45, 2.75) is 12.3 Å². The number of nitriles is 1. The van der Waals surface area contributed by atoms with Crippen LogP contribution in [0, 0.1) is 11.3 Å². The van der Waals surface area contributed by atoms with E-state index in [2.05, 4.69) is 11.4 Å². The van der Waals surface area contributed by atoms with Crippen LogP contribution in [0.3, 0.4) is 0 Å². The summed E-state index contributed by atoms with van der Waals surface area (Å²) in [6.07, 6.45) is 0. The maximum Gasteiger partial charge on any atom is 0.261 e. The van der Waals surface area contributed by atoms with Gasteiger partial charge in [0, 0.05) is 23.6 Å². The van der Waals surface area contributed by atoms with Gasteiger partial charge in [0.1, 0.15) is 0 Å². The molecule has 0 spiro atoms. The van der Waals surface area contributed by atoms with E-state index in [4.69, 9.17) is 5.26 Å². The zero-order valence-corrected chi connectivity index (χ0v) is 18.6. The van der Waals surface area contributed by atoms with Crippen molar-refractivity contribution in [2.75, 3.05) is 12.3 Å². The van der Waals surface area contributed by atoms with Gasteiger partial charge in [-0.3, -0.25) is 19.3 Å². The van der Waals surface area contributed by atoms with Crippen LogP contribution in [-0.2, 0) is 12.3 Å². The highest BCUT2D eigenvalue weighted by Crippen LogP contribution is 2.24. The third-order valence-corrected chi connectivity index (χ3v) is 6.34. The van der Waals surface area contributed by atoms with Crippen LogP contribution < -0.4 is 5.32 Å². The summed E-state index contributed by atoms with van der Waals surface area (Å²) < 4.78 is 0. The minimum absolute atomic E-state index is 0.113. The molecule has 6 nitrogen and oxygen atoms in total. The minimum Gasteiger partial charge on any atom is -0.351 e. The lowest BCUT2D eigenvalue weighted by molar-refractivity contribution is 0.0642. The number of hydrogen-bond donors (Lipinski definition) is 1. The van der Waals surface area contributed by atoms with Gasteiger partial charge in [0.25, 0.3) is 17.7 Å². The molecule has 3 aromatic carbocycles. The molecule has 7 heteroatoms. The highest BCUT2D eigenvalue weighted by atomic mass is 32.2. The van der Waals surface area contributed by atoms with Gasteiger partial charge in [-0.1, -0.05) is 42.5 Å². The van der Waals surface area contributed by atoms with Crippen LogP contribution >= 0.6 is 11.8 Å². The van der Waals surface area contributed by atoms with Crippen LogP contribution in [0.2, 0.25) is 0 Å². The van der Waals surface area contributed by atoms with E-state index in [1.54, 1.807) is 66.4 Å². The summed E-state index contributed by atoms with van der Waals surface area (Å²) in [5, 5.41) is 12.0. The second-order valence-electron chi connectivity index (χ2n) is 7.52. The first kappa shape index (κ1) is 22.3. The Morgan fingerprint density at radius 1 is 0.939 bits per heavy atom. The van der Waals surface area contributed by atoms with E-state index >= 15 is 0 Å². The number of rotatable bonds is 8. The Kier molecular flexibility index (Phi) is 6.86. The molecule has 4 rings (SSSR count). The molecule has 0 aromatic heterocycles. The zero-order chi connectivity index (χ0) is 23.2. The van der Waals surface area contributed by atoms with Crippen LogP contribution in [0.1, 0.15) is 47.8 Å². The smallest absolute Gasteiger partial charge is 0.261 e. The van der Waals surface area contributed by atoms with Gasteiger partial charge < -0.3 is 5.32 Å². The number of fused-ring (bicyclic) bond motifs is 1. The molecule has 0 radical (unpaired) electrons. The Morgan fingerprint density at radius 3 is 2.36 bits per heavy atom. The van der Waals surface area contributed by atoms with Crippen molar-refractivity contribution in [3.05, 3.63) is 106 Å². The number of benzene rings is 3. The van der Waals surface area contributed by atoms with Crippen LogP contribution in [0.25, 0.3) is 0 Å². The van der Waals surface area contributed by atoms with Gasteiger partial charge in [-0.15, -0.1) is 0 Å². The molecule has 0 fully saturated rings. The lowest BCUT2D eigenvalue weighted by Crippen LogP contribution is -2.29. The molecule has 1 aliphatic heterocycles. The van der Waals surface area contributed by atoms with Crippen LogP contribution in [0.15, 0.2) is 72.8 Å². The van der Waals surface area contributed by atoms with Gasteiger partial charge >= 0.3 is 0 Å². The molecule has 0 saturated heterocycles. The van der Waals surface area contributed by atoms with Gasteiger partial charge in [0.2, 0.25) is 0 Å². The van der Waals surface area contributed by atoms with Crippen molar-refractivity contribution < 1.29 is 14.4 Å². The molecule has 3 amide bonds. The van der Waals surface area contributed by atoms with E-state index in [1.807, 2.05) is 18.2 Å². The Labute approximate surface area is 196 Å². The number of carbonyl (C=O) groups is 3. The fourth-order valence-corrected chi connectivity index (χ4v) is 4.51. The molecule has 0 saturated carbocycles. The Hall–Kier alpha value is -3.89. The number of thioether (sulfide) groups is 1. The molecule has 0 atom stereocenters. The van der Waals surface area contributed by atoms with Gasteiger partial charge in [0.15, 0.2) is 0 Å². The quantitative estimate of drug-likeness (QED) is 0.409. The van der Waals surface area contributed by atoms with E-state index in [0.717, 1.165) is 5.56 Å². The summed E-state index contributed by atoms with van der Waals surface area (Å²) in [7, 11) is 0. The van der Waals surface area contributed by atoms with Crippen molar-refractivity contribution >= 4 is 29.5 Å². The van der Waals surface area contributed by atoms with Crippen molar-refractivity contribution in [3.8, 4) is 6.07 Å². The monoisotopic (exact) mass is 455 g/mol. The van der Waals surface area contributed by atoms with Gasteiger partial charge in [0.05, 0.1) is 29.3 Å². The maximum absolute atomic E-state index is 12.6. The topological polar surface area (TPSA) is 90.3 Å². The predicted molar refractivity (Wildman–Crippen MR) is 127 cm³/mol. The van der Waals surface area contributed by atoms with Crippen LogP contribution in [0.5, 0.6) is 0 Å². The highest BCUT2D eigenvalue weighted by Gasteiger charge is 2.34. The molecule has 0 aliphatic carbocycles. The SMILES string of the molecule is N#Cc1ccccc1CSCCNC(=O)c1cccc(CN2C(=O)c3ccccc3C2=O)c1. The number of carbonyl (C=O) groups excluding carboxylic acids is 3. The number of imide groups is 1. The summed E-state index contributed by atoms with van der Waals surface area (Å²) in [4.78, 5) is 38.9. The number of nitrogens with one attached hydrogen (secondary N) is 1. The number of nitrogens with zero attached hydrogens (tertiary/aromatic N) is 2. The molecule has 0 unspecified atom stereocenters. The molecular formula is C26H21N3O3S. The fraction of sp³-hybridized carbons (Fsp3) is 0.154. The second kappa shape index (κ2) is 10.2. The normalized spacial score (nSPS) is 12.4. The van der Waals surface area contributed by atoms with E-state index in [1.165, 1.54) is 4.90 Å². The molecular weight excluding hydrogens is 434 g/mol. The highest BCUT2D eigenvalue weighted by molar-refractivity contribution is 7.98. The zero-order valence-electron chi connectivity index (χ0n) is 17.8. The minimum atomic E-state index is -0.319. The third kappa shape index (κ3) is 4.97. The Morgan fingerprint density at radius 2 is 1.64 bits per heavy atom. The average Bonchev–Trinajstić information content (AvgIpc) is 3.09. The third-order valence-electron chi connectivity index (χ3n) is 5.34. The second-order valence-corrected chi connectivity index (χ2v) is 8.63. The fourth-order valence-electron chi connectivity index (χ4n) is 3.65. The molecule has 33 heavy (non-hydrogen) atoms. The van der Waals surface area contributed by atoms with Crippen molar-refractivity contribution in [3.63, 3.8) is 0 Å². The van der Waals surface area contributed by atoms with Crippen molar-refractivity contribution in [1.29, 1.82) is 5.26 Å². The van der Waals surface area contributed by atoms with Gasteiger partial charge in [-0.2, -0.15) is 17.0 Å². The summed E-state index contributed by atoms with van der Waals surface area (Å²) >= 11 is 1.64. The van der Waals surface area contributed by atoms with Crippen molar-refractivity contribution in [1.82, 2.24) is 10.2 Å². The predicted octanol–water partition coefficient (Wildman–Crippen LogP) is 4.02. The van der Waals surface area contributed by atoms with Gasteiger partial charge in [-0.25, -0.2) is 0 Å². The van der Waals surface area contributed by atoms with E-state index < -0.39 is 0 Å². The molecule has 3 aromatic rings. The molecule has 1 N–H and O–H groups in total. The lowest BCUT2D eigenvalue weighted by atomic mass is 10.1.